The molecule has 0 N–H and O–H groups in total. The average Bonchev–Trinajstić information content (AvgIpc) is 2.22. The van der Waals surface area contributed by atoms with E-state index in [0.717, 1.165) is 5.56 Å². The Labute approximate surface area is 103 Å². The molecule has 1 aromatic rings. The summed E-state index contributed by atoms with van der Waals surface area (Å²) in [6.07, 6.45) is 0.273. The predicted octanol–water partition coefficient (Wildman–Crippen LogP) is 3.64. The van der Waals surface area contributed by atoms with Gasteiger partial charge in [0.2, 0.25) is 0 Å². The fourth-order valence-corrected chi connectivity index (χ4v) is 1.65. The fraction of sp³-hybridized carbons (Fsp3) is 0.417. The molecule has 1 atom stereocenters. The lowest BCUT2D eigenvalue weighted by Crippen LogP contribution is -2.08. The zero-order valence-corrected chi connectivity index (χ0v) is 10.9. The van der Waals surface area contributed by atoms with Crippen LogP contribution >= 0.6 is 15.9 Å². The Morgan fingerprint density at radius 2 is 2.25 bits per heavy atom. The molecule has 0 aromatic heterocycles. The van der Waals surface area contributed by atoms with Crippen LogP contribution in [0.25, 0.3) is 0 Å². The Kier molecular flexibility index (Phi) is 4.93. The summed E-state index contributed by atoms with van der Waals surface area (Å²) in [6.45, 7) is 4.02. The van der Waals surface area contributed by atoms with Crippen LogP contribution < -0.4 is 0 Å². The number of hydrogen-bond acceptors (Lipinski definition) is 2. The number of ether oxygens (including phenoxy) is 1. The van der Waals surface area contributed by atoms with Gasteiger partial charge in [0, 0.05) is 0 Å². The minimum Gasteiger partial charge on any atom is -0.466 e. The van der Waals surface area contributed by atoms with Gasteiger partial charge in [-0.2, -0.15) is 0 Å². The molecule has 16 heavy (non-hydrogen) atoms. The van der Waals surface area contributed by atoms with E-state index in [1.54, 1.807) is 19.1 Å². The average molecular weight is 289 g/mol. The van der Waals surface area contributed by atoms with Crippen molar-refractivity contribution in [1.82, 2.24) is 0 Å². The van der Waals surface area contributed by atoms with Gasteiger partial charge < -0.3 is 4.74 Å². The maximum absolute atomic E-state index is 13.3. The molecule has 0 saturated carbocycles. The molecule has 0 saturated heterocycles. The van der Waals surface area contributed by atoms with Crippen molar-refractivity contribution in [3.8, 4) is 0 Å². The van der Waals surface area contributed by atoms with Crippen LogP contribution in [-0.2, 0) is 9.53 Å². The number of hydrogen-bond donors (Lipinski definition) is 0. The molecule has 1 aromatic carbocycles. The van der Waals surface area contributed by atoms with Crippen LogP contribution in [0.4, 0.5) is 4.39 Å². The van der Waals surface area contributed by atoms with Crippen LogP contribution in [0.15, 0.2) is 22.7 Å². The highest BCUT2D eigenvalue weighted by Gasteiger charge is 2.13. The van der Waals surface area contributed by atoms with Gasteiger partial charge in [-0.15, -0.1) is 0 Å². The third kappa shape index (κ3) is 3.59. The number of benzene rings is 1. The highest BCUT2D eigenvalue weighted by Crippen LogP contribution is 2.24. The maximum Gasteiger partial charge on any atom is 0.306 e. The molecule has 1 rings (SSSR count). The molecule has 0 aliphatic carbocycles. The summed E-state index contributed by atoms with van der Waals surface area (Å²) in [7, 11) is 0. The van der Waals surface area contributed by atoms with Gasteiger partial charge in [-0.3, -0.25) is 4.79 Å². The second-order valence-electron chi connectivity index (χ2n) is 3.58. The van der Waals surface area contributed by atoms with Crippen molar-refractivity contribution in [3.63, 3.8) is 0 Å². The molecule has 0 spiro atoms. The fourth-order valence-electron chi connectivity index (χ4n) is 1.41. The molecule has 0 aliphatic heterocycles. The van der Waals surface area contributed by atoms with Crippen LogP contribution in [0.5, 0.6) is 0 Å². The summed E-state index contributed by atoms with van der Waals surface area (Å²) in [6, 6.07) is 4.89. The molecule has 0 amide bonds. The second-order valence-corrected chi connectivity index (χ2v) is 4.44. The van der Waals surface area contributed by atoms with E-state index in [0.29, 0.717) is 11.1 Å². The van der Waals surface area contributed by atoms with Crippen molar-refractivity contribution in [2.45, 2.75) is 26.2 Å². The van der Waals surface area contributed by atoms with E-state index in [2.05, 4.69) is 15.9 Å². The van der Waals surface area contributed by atoms with Gasteiger partial charge in [0.25, 0.3) is 0 Å². The third-order valence-corrected chi connectivity index (χ3v) is 2.93. The molecule has 0 bridgehead atoms. The van der Waals surface area contributed by atoms with Gasteiger partial charge in [-0.25, -0.2) is 4.39 Å². The molecule has 0 unspecified atom stereocenters. The van der Waals surface area contributed by atoms with Crippen molar-refractivity contribution in [1.29, 1.82) is 0 Å². The van der Waals surface area contributed by atoms with E-state index in [-0.39, 0.29) is 24.1 Å². The van der Waals surface area contributed by atoms with Gasteiger partial charge in [-0.05, 0) is 46.5 Å². The van der Waals surface area contributed by atoms with Crippen LogP contribution in [0, 0.1) is 5.82 Å². The second kappa shape index (κ2) is 5.99. The summed E-state index contributed by atoms with van der Waals surface area (Å²) in [4.78, 5) is 11.3. The minimum absolute atomic E-state index is 0.0401. The Hall–Kier alpha value is -0.900. The van der Waals surface area contributed by atoms with Crippen LogP contribution in [0.2, 0.25) is 0 Å². The predicted molar refractivity (Wildman–Crippen MR) is 63.8 cm³/mol. The molecule has 4 heteroatoms. The lowest BCUT2D eigenvalue weighted by Gasteiger charge is -2.11. The van der Waals surface area contributed by atoms with E-state index in [1.807, 2.05) is 6.92 Å². The monoisotopic (exact) mass is 288 g/mol. The molecule has 0 fully saturated rings. The summed E-state index contributed by atoms with van der Waals surface area (Å²) >= 11 is 3.09. The van der Waals surface area contributed by atoms with Crippen molar-refractivity contribution in [3.05, 3.63) is 34.1 Å². The molecule has 0 aliphatic rings. The van der Waals surface area contributed by atoms with Crippen LogP contribution in [0.1, 0.15) is 31.7 Å². The molecule has 0 radical (unpaired) electrons. The Bertz CT molecular complexity index is 379. The SMILES string of the molecule is CCOC(=O)C[C@@H](C)c1ccc(Br)c(F)c1. The van der Waals surface area contributed by atoms with E-state index in [1.165, 1.54) is 6.07 Å². The highest BCUT2D eigenvalue weighted by atomic mass is 79.9. The van der Waals surface area contributed by atoms with Gasteiger partial charge in [0.05, 0.1) is 17.5 Å². The Balaban J connectivity index is 2.69. The van der Waals surface area contributed by atoms with E-state index >= 15 is 0 Å². The molecule has 88 valence electrons. The largest absolute Gasteiger partial charge is 0.466 e. The smallest absolute Gasteiger partial charge is 0.306 e. The van der Waals surface area contributed by atoms with Gasteiger partial charge in [0.15, 0.2) is 0 Å². The van der Waals surface area contributed by atoms with Gasteiger partial charge >= 0.3 is 5.97 Å². The third-order valence-electron chi connectivity index (χ3n) is 2.29. The molecule has 2 nitrogen and oxygen atoms in total. The number of rotatable bonds is 4. The van der Waals surface area contributed by atoms with E-state index < -0.39 is 0 Å². The summed E-state index contributed by atoms with van der Waals surface area (Å²) < 4.78 is 18.5. The van der Waals surface area contributed by atoms with Crippen LogP contribution in [-0.4, -0.2) is 12.6 Å². The van der Waals surface area contributed by atoms with Crippen LogP contribution in [0.3, 0.4) is 0 Å². The zero-order valence-electron chi connectivity index (χ0n) is 9.30. The number of esters is 1. The van der Waals surface area contributed by atoms with E-state index in [9.17, 15) is 9.18 Å². The number of carbonyl (C=O) groups excluding carboxylic acids is 1. The van der Waals surface area contributed by atoms with Crippen molar-refractivity contribution < 1.29 is 13.9 Å². The molecular weight excluding hydrogens is 275 g/mol. The van der Waals surface area contributed by atoms with Crippen molar-refractivity contribution in [2.24, 2.45) is 0 Å². The maximum atomic E-state index is 13.3. The number of halogens is 2. The Morgan fingerprint density at radius 3 is 2.81 bits per heavy atom. The first kappa shape index (κ1) is 13.2. The lowest BCUT2D eigenvalue weighted by molar-refractivity contribution is -0.143. The summed E-state index contributed by atoms with van der Waals surface area (Å²) in [5.74, 6) is -0.604. The zero-order chi connectivity index (χ0) is 12.1. The quantitative estimate of drug-likeness (QED) is 0.791. The summed E-state index contributed by atoms with van der Waals surface area (Å²) in [5.41, 5.74) is 0.800. The normalized spacial score (nSPS) is 12.2. The first-order valence-electron chi connectivity index (χ1n) is 5.15. The molecular formula is C12H14BrFO2. The lowest BCUT2D eigenvalue weighted by atomic mass is 9.98. The first-order valence-corrected chi connectivity index (χ1v) is 5.94. The topological polar surface area (TPSA) is 26.3 Å². The van der Waals surface area contributed by atoms with Crippen molar-refractivity contribution >= 4 is 21.9 Å². The number of carbonyl (C=O) groups is 1. The van der Waals surface area contributed by atoms with Gasteiger partial charge in [-0.1, -0.05) is 13.0 Å². The first-order chi connectivity index (χ1) is 7.54. The molecule has 0 heterocycles. The summed E-state index contributed by atoms with van der Waals surface area (Å²) in [5, 5.41) is 0. The standard InChI is InChI=1S/C12H14BrFO2/c1-3-16-12(15)6-8(2)9-4-5-10(13)11(14)7-9/h4-5,7-8H,3,6H2,1-2H3/t8-/m1/s1. The Morgan fingerprint density at radius 1 is 1.56 bits per heavy atom. The minimum atomic E-state index is -0.312. The van der Waals surface area contributed by atoms with Gasteiger partial charge in [0.1, 0.15) is 5.82 Å². The highest BCUT2D eigenvalue weighted by molar-refractivity contribution is 9.10. The van der Waals surface area contributed by atoms with Crippen molar-refractivity contribution in [2.75, 3.05) is 6.61 Å². The van der Waals surface area contributed by atoms with E-state index in [4.69, 9.17) is 4.74 Å².